The summed E-state index contributed by atoms with van der Waals surface area (Å²) in [5.41, 5.74) is 0.471. The van der Waals surface area contributed by atoms with Gasteiger partial charge in [0.05, 0.1) is 17.4 Å². The summed E-state index contributed by atoms with van der Waals surface area (Å²) < 4.78 is 13.5. The van der Waals surface area contributed by atoms with Crippen molar-refractivity contribution in [2.75, 3.05) is 23.8 Å². The molecule has 6 heteroatoms. The summed E-state index contributed by atoms with van der Waals surface area (Å²) in [5.74, 6) is -0.437. The number of aliphatic hydroxyl groups excluding tert-OH is 1. The number of rotatable bonds is 6. The van der Waals surface area contributed by atoms with Crippen LogP contribution < -0.4 is 10.6 Å². The maximum Gasteiger partial charge on any atom is 0.258 e. The third kappa shape index (κ3) is 4.25. The Morgan fingerprint density at radius 3 is 2.71 bits per heavy atom. The third-order valence-electron chi connectivity index (χ3n) is 2.78. The monoisotopic (exact) mass is 289 g/mol. The van der Waals surface area contributed by atoms with Gasteiger partial charge in [0.25, 0.3) is 5.91 Å². The molecule has 0 aliphatic carbocycles. The zero-order valence-corrected chi connectivity index (χ0v) is 11.3. The Balaban J connectivity index is 1.97. The van der Waals surface area contributed by atoms with Gasteiger partial charge in [-0.2, -0.15) is 0 Å². The van der Waals surface area contributed by atoms with E-state index in [4.69, 9.17) is 5.11 Å². The SMILES string of the molecule is O=C(Nc1ccc(NCCCO)nc1)c1ccccc1F. The van der Waals surface area contributed by atoms with Crippen LogP contribution in [0.1, 0.15) is 16.8 Å². The maximum atomic E-state index is 13.5. The van der Waals surface area contributed by atoms with Crippen LogP contribution >= 0.6 is 0 Å². The molecular weight excluding hydrogens is 273 g/mol. The molecule has 0 fully saturated rings. The van der Waals surface area contributed by atoms with Crippen LogP contribution in [0.4, 0.5) is 15.9 Å². The topological polar surface area (TPSA) is 74.2 Å². The van der Waals surface area contributed by atoms with E-state index in [0.717, 1.165) is 0 Å². The summed E-state index contributed by atoms with van der Waals surface area (Å²) in [6, 6.07) is 9.16. The molecule has 0 radical (unpaired) electrons. The van der Waals surface area contributed by atoms with Gasteiger partial charge in [0.2, 0.25) is 0 Å². The normalized spacial score (nSPS) is 10.2. The third-order valence-corrected chi connectivity index (χ3v) is 2.78. The van der Waals surface area contributed by atoms with E-state index >= 15 is 0 Å². The minimum Gasteiger partial charge on any atom is -0.396 e. The molecule has 1 aromatic carbocycles. The number of benzene rings is 1. The van der Waals surface area contributed by atoms with Gasteiger partial charge in [0, 0.05) is 13.2 Å². The standard InChI is InChI=1S/C15H16FN3O2/c16-13-5-2-1-4-12(13)15(21)19-11-6-7-14(18-10-11)17-8-3-9-20/h1-2,4-7,10,20H,3,8-9H2,(H,17,18)(H,19,21). The predicted molar refractivity (Wildman–Crippen MR) is 78.8 cm³/mol. The second kappa shape index (κ2) is 7.35. The van der Waals surface area contributed by atoms with Crippen molar-refractivity contribution in [3.63, 3.8) is 0 Å². The molecule has 0 saturated carbocycles. The van der Waals surface area contributed by atoms with Gasteiger partial charge in [0.1, 0.15) is 11.6 Å². The average molecular weight is 289 g/mol. The molecular formula is C15H16FN3O2. The van der Waals surface area contributed by atoms with Crippen LogP contribution in [0, 0.1) is 5.82 Å². The molecule has 1 aromatic heterocycles. The fourth-order valence-electron chi connectivity index (χ4n) is 1.71. The smallest absolute Gasteiger partial charge is 0.258 e. The Bertz CT molecular complexity index is 602. The first-order valence-electron chi connectivity index (χ1n) is 6.57. The van der Waals surface area contributed by atoms with Crippen LogP contribution in [-0.4, -0.2) is 29.1 Å². The Morgan fingerprint density at radius 1 is 1.24 bits per heavy atom. The Kier molecular flexibility index (Phi) is 5.22. The summed E-state index contributed by atoms with van der Waals surface area (Å²) >= 11 is 0. The zero-order valence-electron chi connectivity index (χ0n) is 11.3. The summed E-state index contributed by atoms with van der Waals surface area (Å²) in [4.78, 5) is 16.0. The van der Waals surface area contributed by atoms with Gasteiger partial charge in [-0.25, -0.2) is 9.37 Å². The molecule has 0 aliphatic heterocycles. The largest absolute Gasteiger partial charge is 0.396 e. The number of carbonyl (C=O) groups is 1. The average Bonchev–Trinajstić information content (AvgIpc) is 2.49. The van der Waals surface area contributed by atoms with E-state index in [1.165, 1.54) is 24.4 Å². The molecule has 3 N–H and O–H groups in total. The van der Waals surface area contributed by atoms with E-state index in [1.54, 1.807) is 18.2 Å². The molecule has 1 heterocycles. The van der Waals surface area contributed by atoms with Crippen molar-refractivity contribution in [3.05, 3.63) is 54.0 Å². The molecule has 0 unspecified atom stereocenters. The lowest BCUT2D eigenvalue weighted by atomic mass is 10.2. The summed E-state index contributed by atoms with van der Waals surface area (Å²) in [7, 11) is 0. The van der Waals surface area contributed by atoms with Crippen LogP contribution in [0.5, 0.6) is 0 Å². The molecule has 21 heavy (non-hydrogen) atoms. The molecule has 0 spiro atoms. The highest BCUT2D eigenvalue weighted by Crippen LogP contribution is 2.13. The summed E-state index contributed by atoms with van der Waals surface area (Å²) in [6.07, 6.45) is 2.12. The van der Waals surface area contributed by atoms with Crippen molar-refractivity contribution in [2.24, 2.45) is 0 Å². The van der Waals surface area contributed by atoms with Crippen LogP contribution in [0.2, 0.25) is 0 Å². The highest BCUT2D eigenvalue weighted by Gasteiger charge is 2.10. The maximum absolute atomic E-state index is 13.5. The number of carbonyl (C=O) groups excluding carboxylic acids is 1. The number of hydrogen-bond donors (Lipinski definition) is 3. The Hall–Kier alpha value is -2.47. The van der Waals surface area contributed by atoms with E-state index in [2.05, 4.69) is 15.6 Å². The molecule has 110 valence electrons. The van der Waals surface area contributed by atoms with E-state index in [0.29, 0.717) is 24.5 Å². The van der Waals surface area contributed by atoms with Crippen molar-refractivity contribution in [3.8, 4) is 0 Å². The molecule has 1 amide bonds. The number of hydrogen-bond acceptors (Lipinski definition) is 4. The minimum atomic E-state index is -0.565. The van der Waals surface area contributed by atoms with Gasteiger partial charge >= 0.3 is 0 Å². The quantitative estimate of drug-likeness (QED) is 0.713. The Morgan fingerprint density at radius 2 is 2.05 bits per heavy atom. The van der Waals surface area contributed by atoms with E-state index in [9.17, 15) is 9.18 Å². The molecule has 5 nitrogen and oxygen atoms in total. The number of nitrogens with one attached hydrogen (secondary N) is 2. The van der Waals surface area contributed by atoms with Gasteiger partial charge in [0.15, 0.2) is 0 Å². The second-order valence-corrected chi connectivity index (χ2v) is 4.37. The van der Waals surface area contributed by atoms with E-state index < -0.39 is 11.7 Å². The highest BCUT2D eigenvalue weighted by molar-refractivity contribution is 6.04. The Labute approximate surface area is 121 Å². The number of nitrogens with zero attached hydrogens (tertiary/aromatic N) is 1. The van der Waals surface area contributed by atoms with Crippen LogP contribution in [0.3, 0.4) is 0 Å². The number of pyridine rings is 1. The first-order valence-corrected chi connectivity index (χ1v) is 6.57. The van der Waals surface area contributed by atoms with Crippen LogP contribution in [0.25, 0.3) is 0 Å². The van der Waals surface area contributed by atoms with E-state index in [1.807, 2.05) is 0 Å². The molecule has 2 aromatic rings. The molecule has 0 atom stereocenters. The van der Waals surface area contributed by atoms with Gasteiger partial charge in [-0.3, -0.25) is 4.79 Å². The second-order valence-electron chi connectivity index (χ2n) is 4.37. The number of aromatic nitrogens is 1. The number of halogens is 1. The first kappa shape index (κ1) is 14.9. The van der Waals surface area contributed by atoms with Gasteiger partial charge < -0.3 is 15.7 Å². The highest BCUT2D eigenvalue weighted by atomic mass is 19.1. The van der Waals surface area contributed by atoms with Gasteiger partial charge in [-0.05, 0) is 30.7 Å². The van der Waals surface area contributed by atoms with Crippen molar-refractivity contribution in [1.29, 1.82) is 0 Å². The first-order chi connectivity index (χ1) is 10.2. The van der Waals surface area contributed by atoms with Crippen LogP contribution in [-0.2, 0) is 0 Å². The van der Waals surface area contributed by atoms with Crippen LogP contribution in [0.15, 0.2) is 42.6 Å². The molecule has 0 aliphatic rings. The summed E-state index contributed by atoms with van der Waals surface area (Å²) in [5, 5.41) is 14.3. The molecule has 0 bridgehead atoms. The lowest BCUT2D eigenvalue weighted by molar-refractivity contribution is 0.102. The fourth-order valence-corrected chi connectivity index (χ4v) is 1.71. The van der Waals surface area contributed by atoms with E-state index in [-0.39, 0.29) is 12.2 Å². The van der Waals surface area contributed by atoms with Crippen molar-refractivity contribution < 1.29 is 14.3 Å². The van der Waals surface area contributed by atoms with Gasteiger partial charge in [-0.1, -0.05) is 12.1 Å². The zero-order chi connectivity index (χ0) is 15.1. The lowest BCUT2D eigenvalue weighted by Gasteiger charge is -2.07. The predicted octanol–water partition coefficient (Wildman–Crippen LogP) is 2.27. The van der Waals surface area contributed by atoms with Crippen molar-refractivity contribution in [2.45, 2.75) is 6.42 Å². The van der Waals surface area contributed by atoms with Crippen molar-refractivity contribution in [1.82, 2.24) is 4.98 Å². The summed E-state index contributed by atoms with van der Waals surface area (Å²) in [6.45, 7) is 0.730. The number of aliphatic hydroxyl groups is 1. The van der Waals surface area contributed by atoms with Gasteiger partial charge in [-0.15, -0.1) is 0 Å². The lowest BCUT2D eigenvalue weighted by Crippen LogP contribution is -2.14. The molecule has 0 saturated heterocycles. The fraction of sp³-hybridized carbons (Fsp3) is 0.200. The number of anilines is 2. The van der Waals surface area contributed by atoms with Crippen molar-refractivity contribution >= 4 is 17.4 Å². The minimum absolute atomic E-state index is 0.0114. The molecule has 2 rings (SSSR count). The number of amides is 1.